The standard InChI is InChI=1S/C22H23FN4O2/c1-14-21(16-6-9-19-18(12-16)24-20(28)13-29-19)22(15-4-7-17(23)8-5-15)27(25-14)11-10-26(2)3/h4-9,12H,10-11,13H2,1-3H3,(H,24,28). The summed E-state index contributed by atoms with van der Waals surface area (Å²) in [6.45, 7) is 3.51. The zero-order valence-corrected chi connectivity index (χ0v) is 16.7. The maximum absolute atomic E-state index is 13.5. The Bertz CT molecular complexity index is 1060. The molecule has 1 aliphatic rings. The number of fused-ring (bicyclic) bond motifs is 1. The lowest BCUT2D eigenvalue weighted by Gasteiger charge is -2.19. The Kier molecular flexibility index (Phi) is 5.07. The molecule has 1 aliphatic heterocycles. The summed E-state index contributed by atoms with van der Waals surface area (Å²) < 4.78 is 21.0. The largest absolute Gasteiger partial charge is 0.482 e. The molecule has 1 amide bonds. The number of halogens is 1. The Hall–Kier alpha value is -3.19. The first-order chi connectivity index (χ1) is 13.9. The number of nitrogens with zero attached hydrogens (tertiary/aromatic N) is 3. The molecule has 0 radical (unpaired) electrons. The summed E-state index contributed by atoms with van der Waals surface area (Å²) in [5, 5.41) is 7.62. The van der Waals surface area contributed by atoms with E-state index in [1.807, 2.05) is 43.9 Å². The first-order valence-corrected chi connectivity index (χ1v) is 9.47. The number of rotatable bonds is 5. The highest BCUT2D eigenvalue weighted by atomic mass is 19.1. The molecule has 29 heavy (non-hydrogen) atoms. The highest BCUT2D eigenvalue weighted by Crippen LogP contribution is 2.39. The van der Waals surface area contributed by atoms with Crippen molar-refractivity contribution in [2.75, 3.05) is 32.6 Å². The van der Waals surface area contributed by atoms with Crippen molar-refractivity contribution >= 4 is 11.6 Å². The molecule has 0 atom stereocenters. The monoisotopic (exact) mass is 394 g/mol. The Labute approximate surface area is 168 Å². The van der Waals surface area contributed by atoms with Gasteiger partial charge in [0.15, 0.2) is 6.61 Å². The number of hydrogen-bond acceptors (Lipinski definition) is 4. The molecule has 3 aromatic rings. The van der Waals surface area contributed by atoms with Crippen molar-refractivity contribution in [1.82, 2.24) is 14.7 Å². The van der Waals surface area contributed by atoms with E-state index in [0.717, 1.165) is 34.6 Å². The summed E-state index contributed by atoms with van der Waals surface area (Å²) >= 11 is 0. The van der Waals surface area contributed by atoms with Crippen LogP contribution in [0.3, 0.4) is 0 Å². The maximum Gasteiger partial charge on any atom is 0.262 e. The highest BCUT2D eigenvalue weighted by Gasteiger charge is 2.22. The fourth-order valence-electron chi connectivity index (χ4n) is 3.52. The van der Waals surface area contributed by atoms with Crippen LogP contribution in [-0.2, 0) is 11.3 Å². The van der Waals surface area contributed by atoms with Gasteiger partial charge in [-0.3, -0.25) is 9.48 Å². The maximum atomic E-state index is 13.5. The van der Waals surface area contributed by atoms with Gasteiger partial charge >= 0.3 is 0 Å². The molecule has 150 valence electrons. The number of ether oxygens (including phenoxy) is 1. The van der Waals surface area contributed by atoms with E-state index < -0.39 is 0 Å². The van der Waals surface area contributed by atoms with Crippen molar-refractivity contribution in [2.45, 2.75) is 13.5 Å². The van der Waals surface area contributed by atoms with Crippen LogP contribution < -0.4 is 10.1 Å². The molecule has 0 unspecified atom stereocenters. The van der Waals surface area contributed by atoms with E-state index in [-0.39, 0.29) is 18.3 Å². The molecule has 2 heterocycles. The number of carbonyl (C=O) groups excluding carboxylic acids is 1. The van der Waals surface area contributed by atoms with Gasteiger partial charge in [0.1, 0.15) is 11.6 Å². The average Bonchev–Trinajstić information content (AvgIpc) is 3.02. The Morgan fingerprint density at radius 3 is 2.62 bits per heavy atom. The first kappa shape index (κ1) is 19.1. The Morgan fingerprint density at radius 2 is 1.90 bits per heavy atom. The summed E-state index contributed by atoms with van der Waals surface area (Å²) in [5.74, 6) is 0.196. The Morgan fingerprint density at radius 1 is 1.17 bits per heavy atom. The van der Waals surface area contributed by atoms with Gasteiger partial charge in [0, 0.05) is 17.7 Å². The van der Waals surface area contributed by atoms with Crippen LogP contribution >= 0.6 is 0 Å². The van der Waals surface area contributed by atoms with Crippen LogP contribution in [0.5, 0.6) is 5.75 Å². The minimum atomic E-state index is -0.278. The van der Waals surface area contributed by atoms with Crippen molar-refractivity contribution in [1.29, 1.82) is 0 Å². The van der Waals surface area contributed by atoms with Gasteiger partial charge in [-0.1, -0.05) is 6.07 Å². The number of nitrogens with one attached hydrogen (secondary N) is 1. The second-order valence-corrected chi connectivity index (χ2v) is 7.39. The van der Waals surface area contributed by atoms with Crippen LogP contribution in [0.4, 0.5) is 10.1 Å². The molecular weight excluding hydrogens is 371 g/mol. The molecule has 7 heteroatoms. The number of anilines is 1. The molecule has 1 aromatic heterocycles. The predicted octanol–water partition coefficient (Wildman–Crippen LogP) is 3.56. The van der Waals surface area contributed by atoms with E-state index in [9.17, 15) is 9.18 Å². The quantitative estimate of drug-likeness (QED) is 0.719. The second-order valence-electron chi connectivity index (χ2n) is 7.39. The topological polar surface area (TPSA) is 59.4 Å². The van der Waals surface area contributed by atoms with Crippen molar-refractivity contribution in [2.24, 2.45) is 0 Å². The van der Waals surface area contributed by atoms with Crippen molar-refractivity contribution in [3.8, 4) is 28.1 Å². The van der Waals surface area contributed by atoms with Gasteiger partial charge in [-0.15, -0.1) is 0 Å². The number of likely N-dealkylation sites (N-methyl/N-ethyl adjacent to an activating group) is 1. The molecule has 0 fully saturated rings. The summed E-state index contributed by atoms with van der Waals surface area (Å²) in [4.78, 5) is 13.8. The van der Waals surface area contributed by atoms with Gasteiger partial charge in [0.05, 0.1) is 23.6 Å². The van der Waals surface area contributed by atoms with Crippen LogP contribution in [0.15, 0.2) is 42.5 Å². The average molecular weight is 394 g/mol. The molecule has 1 N–H and O–H groups in total. The van der Waals surface area contributed by atoms with Gasteiger partial charge in [-0.05, 0) is 63.0 Å². The molecule has 6 nitrogen and oxygen atoms in total. The summed E-state index contributed by atoms with van der Waals surface area (Å²) in [6.07, 6.45) is 0. The zero-order valence-electron chi connectivity index (χ0n) is 16.7. The van der Waals surface area contributed by atoms with Crippen molar-refractivity contribution in [3.05, 3.63) is 54.0 Å². The minimum absolute atomic E-state index is 0.0225. The molecule has 0 spiro atoms. The third-order valence-electron chi connectivity index (χ3n) is 4.91. The van der Waals surface area contributed by atoms with E-state index in [1.165, 1.54) is 12.1 Å². The van der Waals surface area contributed by atoms with Crippen LogP contribution in [0.2, 0.25) is 0 Å². The molecule has 0 bridgehead atoms. The third kappa shape index (κ3) is 3.86. The van der Waals surface area contributed by atoms with Crippen LogP contribution in [0, 0.1) is 12.7 Å². The first-order valence-electron chi connectivity index (χ1n) is 9.47. The molecule has 0 saturated carbocycles. The van der Waals surface area contributed by atoms with Crippen LogP contribution in [-0.4, -0.2) is 47.8 Å². The van der Waals surface area contributed by atoms with E-state index in [1.54, 1.807) is 12.1 Å². The molecule has 0 saturated heterocycles. The van der Waals surface area contributed by atoms with Gasteiger partial charge in [-0.25, -0.2) is 4.39 Å². The molecule has 0 aliphatic carbocycles. The lowest BCUT2D eigenvalue weighted by atomic mass is 9.98. The van der Waals surface area contributed by atoms with Crippen LogP contribution in [0.25, 0.3) is 22.4 Å². The minimum Gasteiger partial charge on any atom is -0.482 e. The smallest absolute Gasteiger partial charge is 0.262 e. The van der Waals surface area contributed by atoms with E-state index >= 15 is 0 Å². The van der Waals surface area contributed by atoms with E-state index in [4.69, 9.17) is 9.84 Å². The zero-order chi connectivity index (χ0) is 20.5. The highest BCUT2D eigenvalue weighted by molar-refractivity contribution is 5.97. The van der Waals surface area contributed by atoms with E-state index in [2.05, 4.69) is 10.2 Å². The van der Waals surface area contributed by atoms with Crippen molar-refractivity contribution in [3.63, 3.8) is 0 Å². The normalized spacial score (nSPS) is 13.2. The lowest BCUT2D eigenvalue weighted by Crippen LogP contribution is -2.25. The molecule has 4 rings (SSSR count). The number of amides is 1. The second kappa shape index (κ2) is 7.67. The van der Waals surface area contributed by atoms with E-state index in [0.29, 0.717) is 18.0 Å². The fraction of sp³-hybridized carbons (Fsp3) is 0.273. The van der Waals surface area contributed by atoms with Crippen LogP contribution in [0.1, 0.15) is 5.69 Å². The van der Waals surface area contributed by atoms with Gasteiger partial charge in [-0.2, -0.15) is 5.10 Å². The van der Waals surface area contributed by atoms with Gasteiger partial charge in [0.2, 0.25) is 0 Å². The molecule has 2 aromatic carbocycles. The lowest BCUT2D eigenvalue weighted by molar-refractivity contribution is -0.118. The summed E-state index contributed by atoms with van der Waals surface area (Å²) in [7, 11) is 4.03. The SMILES string of the molecule is Cc1nn(CCN(C)C)c(-c2ccc(F)cc2)c1-c1ccc2c(c1)NC(=O)CO2. The number of benzene rings is 2. The summed E-state index contributed by atoms with van der Waals surface area (Å²) in [6, 6.07) is 12.2. The third-order valence-corrected chi connectivity index (χ3v) is 4.91. The number of aryl methyl sites for hydroxylation is 1. The van der Waals surface area contributed by atoms with Gasteiger partial charge < -0.3 is 15.0 Å². The predicted molar refractivity (Wildman–Crippen MR) is 110 cm³/mol. The number of aromatic nitrogens is 2. The number of carbonyl (C=O) groups is 1. The van der Waals surface area contributed by atoms with Crippen molar-refractivity contribution < 1.29 is 13.9 Å². The Balaban J connectivity index is 1.85. The summed E-state index contributed by atoms with van der Waals surface area (Å²) in [5.41, 5.74) is 5.20. The fourth-order valence-corrected chi connectivity index (χ4v) is 3.52. The number of hydrogen-bond donors (Lipinski definition) is 1. The van der Waals surface area contributed by atoms with Gasteiger partial charge in [0.25, 0.3) is 5.91 Å². The molecular formula is C22H23FN4O2.